The average molecular weight is 527 g/mol. The average Bonchev–Trinajstić information content (AvgIpc) is 3.43. The lowest BCUT2D eigenvalue weighted by Crippen LogP contribution is -2.40. The molecule has 0 unspecified atom stereocenters. The number of anilines is 1. The van der Waals surface area contributed by atoms with Gasteiger partial charge in [-0.05, 0) is 24.4 Å². The largest absolute Gasteiger partial charge is 0.387 e. The maximum atomic E-state index is 13.9. The molecular weight excluding hydrogens is 507 g/mol. The first-order chi connectivity index (χ1) is 17.9. The number of rotatable bonds is 7. The molecule has 37 heavy (non-hydrogen) atoms. The topological polar surface area (TPSA) is 160 Å². The highest BCUT2D eigenvalue weighted by Crippen LogP contribution is 2.33. The van der Waals surface area contributed by atoms with Crippen LogP contribution in [0.25, 0.3) is 22.6 Å². The van der Waals surface area contributed by atoms with Gasteiger partial charge < -0.3 is 25.6 Å². The molecule has 4 N–H and O–H groups in total. The second-order valence-electron chi connectivity index (χ2n) is 8.07. The van der Waals surface area contributed by atoms with Crippen LogP contribution in [0.3, 0.4) is 0 Å². The van der Waals surface area contributed by atoms with E-state index in [1.54, 1.807) is 18.3 Å². The van der Waals surface area contributed by atoms with E-state index in [1.165, 1.54) is 23.2 Å². The summed E-state index contributed by atoms with van der Waals surface area (Å²) in [5, 5.41) is 27.1. The summed E-state index contributed by atoms with van der Waals surface area (Å²) in [7, 11) is 0. The van der Waals surface area contributed by atoms with E-state index in [9.17, 15) is 19.4 Å². The summed E-state index contributed by atoms with van der Waals surface area (Å²) in [4.78, 5) is 33.7. The maximum Gasteiger partial charge on any atom is 0.255 e. The van der Waals surface area contributed by atoms with Crippen LogP contribution in [-0.2, 0) is 16.1 Å². The third-order valence-corrected chi connectivity index (χ3v) is 5.85. The van der Waals surface area contributed by atoms with E-state index in [1.807, 2.05) is 0 Å². The fraction of sp³-hybridized carbons (Fsp3) is 0.217. The Hall–Kier alpha value is -4.04. The van der Waals surface area contributed by atoms with Crippen LogP contribution >= 0.6 is 11.6 Å². The van der Waals surface area contributed by atoms with Gasteiger partial charge in [-0.25, -0.2) is 19.3 Å². The number of nitrogens with one attached hydrogen (secondary N) is 2. The van der Waals surface area contributed by atoms with Crippen molar-refractivity contribution in [2.24, 2.45) is 0 Å². The summed E-state index contributed by atoms with van der Waals surface area (Å²) in [6.07, 6.45) is 0.904. The third kappa shape index (κ3) is 4.84. The van der Waals surface area contributed by atoms with Crippen molar-refractivity contribution in [1.29, 1.82) is 0 Å². The monoisotopic (exact) mass is 526 g/mol. The minimum Gasteiger partial charge on any atom is -0.387 e. The number of carbonyl (C=O) groups is 1. The van der Waals surface area contributed by atoms with Crippen LogP contribution in [0.2, 0.25) is 5.02 Å². The Labute approximate surface area is 213 Å². The van der Waals surface area contributed by atoms with Crippen molar-refractivity contribution in [3.63, 3.8) is 0 Å². The summed E-state index contributed by atoms with van der Waals surface area (Å²) in [5.74, 6) is -0.873. The second-order valence-corrected chi connectivity index (χ2v) is 8.51. The van der Waals surface area contributed by atoms with Gasteiger partial charge in [-0.2, -0.15) is 0 Å². The van der Waals surface area contributed by atoms with Crippen molar-refractivity contribution in [1.82, 2.24) is 34.8 Å². The number of aromatic nitrogens is 6. The van der Waals surface area contributed by atoms with Crippen molar-refractivity contribution < 1.29 is 24.1 Å². The standard InChI is InChI=1S/C23H20ClFN8O4/c1-2-27-22(36)18-16(34)17(35)23(37-18)33-10-30-15-20(29-9-14-6-12(24)3-4-28-14)31-19(32-21(15)33)11-5-13(25)8-26-7-11/h2-8,10,16-18,23,34-35H,1,9H2,(H,27,36)(H,29,31,32)/t16-,17+,18-,23+/m0/s1. The third-order valence-electron chi connectivity index (χ3n) is 5.62. The fourth-order valence-electron chi connectivity index (χ4n) is 3.90. The predicted octanol–water partition coefficient (Wildman–Crippen LogP) is 1.57. The molecule has 0 radical (unpaired) electrons. The molecule has 0 aliphatic carbocycles. The van der Waals surface area contributed by atoms with Gasteiger partial charge in [0.1, 0.15) is 18.0 Å². The van der Waals surface area contributed by atoms with E-state index >= 15 is 0 Å². The van der Waals surface area contributed by atoms with E-state index in [2.05, 4.69) is 42.1 Å². The summed E-state index contributed by atoms with van der Waals surface area (Å²) in [6, 6.07) is 4.55. The Balaban J connectivity index is 1.57. The van der Waals surface area contributed by atoms with Crippen LogP contribution in [0.5, 0.6) is 0 Å². The Morgan fingerprint density at radius 2 is 2.08 bits per heavy atom. The van der Waals surface area contributed by atoms with Crippen molar-refractivity contribution in [3.8, 4) is 11.4 Å². The first-order valence-corrected chi connectivity index (χ1v) is 11.4. The summed E-state index contributed by atoms with van der Waals surface area (Å²) in [5.41, 5.74) is 1.40. The van der Waals surface area contributed by atoms with Crippen LogP contribution in [0, 0.1) is 5.82 Å². The Bertz CT molecular complexity index is 1480. The van der Waals surface area contributed by atoms with Gasteiger partial charge in [0.2, 0.25) is 0 Å². The van der Waals surface area contributed by atoms with Gasteiger partial charge in [-0.3, -0.25) is 19.3 Å². The van der Waals surface area contributed by atoms with Crippen LogP contribution in [0.15, 0.2) is 55.9 Å². The van der Waals surface area contributed by atoms with Crippen LogP contribution < -0.4 is 10.6 Å². The Morgan fingerprint density at radius 1 is 1.24 bits per heavy atom. The van der Waals surface area contributed by atoms with Gasteiger partial charge in [0, 0.05) is 23.0 Å². The predicted molar refractivity (Wildman–Crippen MR) is 129 cm³/mol. The second kappa shape index (κ2) is 10.1. The maximum absolute atomic E-state index is 13.9. The molecule has 1 saturated heterocycles. The zero-order valence-corrected chi connectivity index (χ0v) is 19.7. The highest BCUT2D eigenvalue weighted by Gasteiger charge is 2.47. The number of carbonyl (C=O) groups excluding carboxylic acids is 1. The number of hydrogen-bond acceptors (Lipinski definition) is 10. The highest BCUT2D eigenvalue weighted by atomic mass is 35.5. The van der Waals surface area contributed by atoms with Crippen molar-refractivity contribution in [2.75, 3.05) is 5.32 Å². The number of aliphatic hydroxyl groups is 2. The van der Waals surface area contributed by atoms with Crippen LogP contribution in [0.4, 0.5) is 10.2 Å². The van der Waals surface area contributed by atoms with E-state index < -0.39 is 36.3 Å². The molecule has 190 valence electrons. The number of ether oxygens (including phenoxy) is 1. The molecular formula is C23H20ClFN8O4. The van der Waals surface area contributed by atoms with E-state index in [0.29, 0.717) is 16.2 Å². The minimum atomic E-state index is -1.53. The minimum absolute atomic E-state index is 0.108. The number of pyridine rings is 2. The number of aliphatic hydroxyl groups excluding tert-OH is 2. The van der Waals surface area contributed by atoms with Gasteiger partial charge in [-0.1, -0.05) is 18.2 Å². The molecule has 14 heteroatoms. The van der Waals surface area contributed by atoms with Crippen LogP contribution in [0.1, 0.15) is 11.9 Å². The normalized spacial score (nSPS) is 21.2. The quantitative estimate of drug-likeness (QED) is 0.278. The number of hydrogen-bond donors (Lipinski definition) is 4. The molecule has 1 aliphatic rings. The number of fused-ring (bicyclic) bond motifs is 1. The molecule has 0 saturated carbocycles. The lowest BCUT2D eigenvalue weighted by molar-refractivity contribution is -0.136. The highest BCUT2D eigenvalue weighted by molar-refractivity contribution is 6.30. The van der Waals surface area contributed by atoms with Gasteiger partial charge in [0.05, 0.1) is 24.8 Å². The molecule has 0 bridgehead atoms. The van der Waals surface area contributed by atoms with Gasteiger partial charge in [0.15, 0.2) is 35.1 Å². The molecule has 1 aliphatic heterocycles. The lowest BCUT2D eigenvalue weighted by Gasteiger charge is -2.17. The van der Waals surface area contributed by atoms with Crippen molar-refractivity contribution >= 4 is 34.5 Å². The van der Waals surface area contributed by atoms with E-state index in [-0.39, 0.29) is 29.4 Å². The number of nitrogens with zero attached hydrogens (tertiary/aromatic N) is 6. The molecule has 0 spiro atoms. The molecule has 12 nitrogen and oxygen atoms in total. The molecule has 4 aromatic rings. The van der Waals surface area contributed by atoms with Gasteiger partial charge in [-0.15, -0.1) is 0 Å². The van der Waals surface area contributed by atoms with Crippen molar-refractivity contribution in [2.45, 2.75) is 31.1 Å². The first-order valence-electron chi connectivity index (χ1n) is 11.0. The molecule has 1 amide bonds. The summed E-state index contributed by atoms with van der Waals surface area (Å²) < 4.78 is 21.0. The SMILES string of the molecule is C=CNC(=O)[C@H]1O[C@@H](n2cnc3c(NCc4cc(Cl)ccn4)nc(-c4cncc(F)c4)nc32)[C@H](O)[C@@H]1O. The molecule has 4 atom stereocenters. The van der Waals surface area contributed by atoms with Crippen LogP contribution in [-0.4, -0.2) is 63.9 Å². The first kappa shape index (κ1) is 24.6. The zero-order chi connectivity index (χ0) is 26.1. The van der Waals surface area contributed by atoms with E-state index in [0.717, 1.165) is 12.4 Å². The number of amides is 1. The van der Waals surface area contributed by atoms with Gasteiger partial charge in [0.25, 0.3) is 5.91 Å². The zero-order valence-electron chi connectivity index (χ0n) is 19.0. The van der Waals surface area contributed by atoms with E-state index in [4.69, 9.17) is 16.3 Å². The van der Waals surface area contributed by atoms with Gasteiger partial charge >= 0.3 is 0 Å². The summed E-state index contributed by atoms with van der Waals surface area (Å²) in [6.45, 7) is 3.64. The number of imidazole rings is 1. The number of halogens is 2. The smallest absolute Gasteiger partial charge is 0.255 e. The molecule has 4 aromatic heterocycles. The molecule has 5 heterocycles. The Kier molecular flexibility index (Phi) is 6.76. The Morgan fingerprint density at radius 3 is 2.84 bits per heavy atom. The van der Waals surface area contributed by atoms with Crippen molar-refractivity contribution in [3.05, 3.63) is 72.4 Å². The molecule has 1 fully saturated rings. The summed E-state index contributed by atoms with van der Waals surface area (Å²) >= 11 is 6.05. The molecule has 0 aromatic carbocycles. The lowest BCUT2D eigenvalue weighted by atomic mass is 10.1. The fourth-order valence-corrected chi connectivity index (χ4v) is 4.08. The molecule has 5 rings (SSSR count).